The molecule has 0 spiro atoms. The summed E-state index contributed by atoms with van der Waals surface area (Å²) in [5.74, 6) is 0.513. The summed E-state index contributed by atoms with van der Waals surface area (Å²) in [5.41, 5.74) is 3.77. The van der Waals surface area contributed by atoms with Gasteiger partial charge in [0, 0.05) is 41.2 Å². The summed E-state index contributed by atoms with van der Waals surface area (Å²) in [6.07, 6.45) is 7.87. The average molecular weight is 525 g/mol. The van der Waals surface area contributed by atoms with Crippen LogP contribution in [0.15, 0.2) is 85.1 Å². The molecule has 0 radical (unpaired) electrons. The Morgan fingerprint density at radius 3 is 2.38 bits per heavy atom. The molecule has 3 amide bonds. The van der Waals surface area contributed by atoms with Crippen molar-refractivity contribution in [2.24, 2.45) is 0 Å². The minimum atomic E-state index is -0.751. The normalized spacial score (nSPS) is 15.3. The molecule has 0 saturated heterocycles. The Hall–Kier alpha value is -4.26. The number of carbonyl (C=O) groups excluding carboxylic acids is 2. The molecular formula is C32H36N4O3. The molecule has 5 rings (SSSR count). The van der Waals surface area contributed by atoms with E-state index in [2.05, 4.69) is 45.2 Å². The number of amides is 3. The summed E-state index contributed by atoms with van der Waals surface area (Å²) in [4.78, 5) is 30.0. The Morgan fingerprint density at radius 2 is 1.64 bits per heavy atom. The van der Waals surface area contributed by atoms with Crippen LogP contribution in [0.25, 0.3) is 10.9 Å². The Morgan fingerprint density at radius 1 is 0.923 bits per heavy atom. The van der Waals surface area contributed by atoms with Crippen LogP contribution in [0.2, 0.25) is 0 Å². The van der Waals surface area contributed by atoms with Gasteiger partial charge in [0.2, 0.25) is 5.91 Å². The van der Waals surface area contributed by atoms with E-state index in [4.69, 9.17) is 4.74 Å². The number of methoxy groups -OCH3 is 1. The number of benzene rings is 3. The Bertz CT molecular complexity index is 1390. The van der Waals surface area contributed by atoms with E-state index in [0.717, 1.165) is 42.1 Å². The van der Waals surface area contributed by atoms with Crippen LogP contribution >= 0.6 is 0 Å². The first kappa shape index (κ1) is 26.4. The van der Waals surface area contributed by atoms with E-state index >= 15 is 0 Å². The third kappa shape index (κ3) is 6.25. The lowest BCUT2D eigenvalue weighted by atomic mass is 9.69. The minimum absolute atomic E-state index is 0.0914. The maximum atomic E-state index is 13.7. The van der Waals surface area contributed by atoms with Crippen LogP contribution in [0.1, 0.15) is 43.2 Å². The molecule has 4 aromatic rings. The van der Waals surface area contributed by atoms with Gasteiger partial charge in [-0.1, -0.05) is 67.8 Å². The summed E-state index contributed by atoms with van der Waals surface area (Å²) in [6, 6.07) is 24.4. The van der Waals surface area contributed by atoms with Crippen molar-refractivity contribution in [1.82, 2.24) is 15.6 Å². The fraction of sp³-hybridized carbons (Fsp3) is 0.312. The highest BCUT2D eigenvalue weighted by molar-refractivity contribution is 5.94. The molecule has 0 aliphatic heterocycles. The molecule has 1 aromatic heterocycles. The van der Waals surface area contributed by atoms with Crippen molar-refractivity contribution in [3.8, 4) is 5.75 Å². The van der Waals surface area contributed by atoms with Crippen LogP contribution in [-0.2, 0) is 16.6 Å². The van der Waals surface area contributed by atoms with Gasteiger partial charge in [0.05, 0.1) is 7.11 Å². The standard InChI is InChI=1S/C32H36N4O3/c1-39-26-16-14-25(15-17-26)35-31(38)36-29(20-23-21-33-28-13-7-6-12-27(23)28)30(37)34-22-32(18-8-3-9-19-32)24-10-4-2-5-11-24/h2,4-7,10-17,21,29,33H,3,8-9,18-20,22H2,1H3,(H,34,37)(H2,35,36,38)/t29-/m0/s1. The second-order valence-electron chi connectivity index (χ2n) is 10.4. The third-order valence-corrected chi connectivity index (χ3v) is 7.87. The van der Waals surface area contributed by atoms with Crippen LogP contribution < -0.4 is 20.7 Å². The number of hydrogen-bond acceptors (Lipinski definition) is 3. The molecule has 1 aliphatic rings. The summed E-state index contributed by atoms with van der Waals surface area (Å²) < 4.78 is 5.20. The first-order chi connectivity index (χ1) is 19.1. The Kier molecular flexibility index (Phi) is 8.16. The van der Waals surface area contributed by atoms with Gasteiger partial charge >= 0.3 is 6.03 Å². The number of H-pyrrole nitrogens is 1. The van der Waals surface area contributed by atoms with Crippen LogP contribution in [0.4, 0.5) is 10.5 Å². The zero-order valence-electron chi connectivity index (χ0n) is 22.3. The van der Waals surface area contributed by atoms with E-state index in [-0.39, 0.29) is 11.3 Å². The number of para-hydroxylation sites is 1. The number of carbonyl (C=O) groups is 2. The van der Waals surface area contributed by atoms with Gasteiger partial charge in [0.1, 0.15) is 11.8 Å². The first-order valence-corrected chi connectivity index (χ1v) is 13.7. The van der Waals surface area contributed by atoms with Crippen LogP contribution in [-0.4, -0.2) is 36.6 Å². The Labute approximate surface area is 229 Å². The Balaban J connectivity index is 1.34. The van der Waals surface area contributed by atoms with Gasteiger partial charge in [-0.3, -0.25) is 4.79 Å². The number of fused-ring (bicyclic) bond motifs is 1. The lowest BCUT2D eigenvalue weighted by Gasteiger charge is -2.38. The summed E-state index contributed by atoms with van der Waals surface area (Å²) in [5, 5.41) is 10.0. The SMILES string of the molecule is COc1ccc(NC(=O)N[C@@H](Cc2c[nH]c3ccccc23)C(=O)NCC2(c3ccccc3)CCCCC2)cc1. The molecule has 39 heavy (non-hydrogen) atoms. The molecule has 4 N–H and O–H groups in total. The van der Waals surface area contributed by atoms with Crippen molar-refractivity contribution in [3.63, 3.8) is 0 Å². The number of ether oxygens (including phenoxy) is 1. The fourth-order valence-electron chi connectivity index (χ4n) is 5.70. The molecule has 1 saturated carbocycles. The van der Waals surface area contributed by atoms with Crippen molar-refractivity contribution in [2.75, 3.05) is 19.0 Å². The molecule has 7 heteroatoms. The molecular weight excluding hydrogens is 488 g/mol. The quantitative estimate of drug-likeness (QED) is 0.219. The van der Waals surface area contributed by atoms with E-state index < -0.39 is 12.1 Å². The zero-order chi connectivity index (χ0) is 27.1. The van der Waals surface area contributed by atoms with Crippen LogP contribution in [0, 0.1) is 0 Å². The van der Waals surface area contributed by atoms with Gasteiger partial charge in [-0.25, -0.2) is 4.79 Å². The minimum Gasteiger partial charge on any atom is -0.497 e. The first-order valence-electron chi connectivity index (χ1n) is 13.7. The number of rotatable bonds is 9. The highest BCUT2D eigenvalue weighted by atomic mass is 16.5. The van der Waals surface area contributed by atoms with Gasteiger partial charge in [-0.05, 0) is 54.3 Å². The topological polar surface area (TPSA) is 95.2 Å². The maximum absolute atomic E-state index is 13.7. The zero-order valence-corrected chi connectivity index (χ0v) is 22.3. The molecule has 202 valence electrons. The number of aromatic nitrogens is 1. The molecule has 0 unspecified atom stereocenters. The van der Waals surface area contributed by atoms with E-state index in [9.17, 15) is 9.59 Å². The van der Waals surface area contributed by atoms with Crippen molar-refractivity contribution in [1.29, 1.82) is 0 Å². The van der Waals surface area contributed by atoms with Crippen molar-refractivity contribution >= 4 is 28.5 Å². The molecule has 1 fully saturated rings. The van der Waals surface area contributed by atoms with Gasteiger partial charge < -0.3 is 25.7 Å². The second-order valence-corrected chi connectivity index (χ2v) is 10.4. The van der Waals surface area contributed by atoms with Crippen LogP contribution in [0.5, 0.6) is 5.75 Å². The van der Waals surface area contributed by atoms with Gasteiger partial charge in [-0.2, -0.15) is 0 Å². The fourth-order valence-corrected chi connectivity index (χ4v) is 5.70. The third-order valence-electron chi connectivity index (χ3n) is 7.87. The van der Waals surface area contributed by atoms with E-state index in [1.807, 2.05) is 36.5 Å². The highest BCUT2D eigenvalue weighted by Crippen LogP contribution is 2.39. The molecule has 1 atom stereocenters. The number of nitrogens with one attached hydrogen (secondary N) is 4. The van der Waals surface area contributed by atoms with E-state index in [0.29, 0.717) is 24.4 Å². The van der Waals surface area contributed by atoms with E-state index in [1.165, 1.54) is 12.0 Å². The predicted octanol–water partition coefficient (Wildman–Crippen LogP) is 5.93. The monoisotopic (exact) mass is 524 g/mol. The average Bonchev–Trinajstić information content (AvgIpc) is 3.39. The van der Waals surface area contributed by atoms with Crippen molar-refractivity contribution in [3.05, 3.63) is 96.2 Å². The smallest absolute Gasteiger partial charge is 0.319 e. The number of urea groups is 1. The lowest BCUT2D eigenvalue weighted by Crippen LogP contribution is -2.52. The molecule has 7 nitrogen and oxygen atoms in total. The predicted molar refractivity (Wildman–Crippen MR) is 155 cm³/mol. The van der Waals surface area contributed by atoms with E-state index in [1.54, 1.807) is 31.4 Å². The van der Waals surface area contributed by atoms with Gasteiger partial charge in [-0.15, -0.1) is 0 Å². The van der Waals surface area contributed by atoms with Crippen LogP contribution in [0.3, 0.4) is 0 Å². The lowest BCUT2D eigenvalue weighted by molar-refractivity contribution is -0.123. The summed E-state index contributed by atoms with van der Waals surface area (Å²) in [7, 11) is 1.60. The van der Waals surface area contributed by atoms with Gasteiger partial charge in [0.25, 0.3) is 0 Å². The van der Waals surface area contributed by atoms with Crippen molar-refractivity contribution < 1.29 is 14.3 Å². The van der Waals surface area contributed by atoms with Crippen molar-refractivity contribution in [2.45, 2.75) is 50.0 Å². The summed E-state index contributed by atoms with van der Waals surface area (Å²) in [6.45, 7) is 0.544. The largest absolute Gasteiger partial charge is 0.497 e. The summed E-state index contributed by atoms with van der Waals surface area (Å²) >= 11 is 0. The molecule has 3 aromatic carbocycles. The molecule has 0 bridgehead atoms. The molecule has 1 heterocycles. The molecule has 1 aliphatic carbocycles. The van der Waals surface area contributed by atoms with Gasteiger partial charge in [0.15, 0.2) is 0 Å². The second kappa shape index (κ2) is 12.1. The maximum Gasteiger partial charge on any atom is 0.319 e. The number of hydrogen-bond donors (Lipinski definition) is 4. The number of aromatic amines is 1. The highest BCUT2D eigenvalue weighted by Gasteiger charge is 2.35. The number of anilines is 1.